The van der Waals surface area contributed by atoms with Crippen molar-refractivity contribution in [1.29, 1.82) is 0 Å². The van der Waals surface area contributed by atoms with Gasteiger partial charge in [-0.2, -0.15) is 0 Å². The molecule has 6 heteroatoms. The minimum Gasteiger partial charge on any atom is -0.480 e. The molecule has 4 atom stereocenters. The van der Waals surface area contributed by atoms with Crippen LogP contribution in [0.5, 0.6) is 0 Å². The van der Waals surface area contributed by atoms with Gasteiger partial charge in [0.1, 0.15) is 6.04 Å². The third-order valence-corrected chi connectivity index (χ3v) is 4.92. The van der Waals surface area contributed by atoms with E-state index >= 15 is 0 Å². The maximum absolute atomic E-state index is 13.8. The zero-order valence-corrected chi connectivity index (χ0v) is 12.8. The highest BCUT2D eigenvalue weighted by Crippen LogP contribution is 2.50. The summed E-state index contributed by atoms with van der Waals surface area (Å²) in [6.07, 6.45) is 1.64. The van der Waals surface area contributed by atoms with Gasteiger partial charge in [-0.1, -0.05) is 19.1 Å². The molecular formula is C17H19F2NO3. The topological polar surface area (TPSA) is 57.6 Å². The minimum atomic E-state index is -1.00. The summed E-state index contributed by atoms with van der Waals surface area (Å²) in [5, 5.41) is 9.34. The molecule has 4 unspecified atom stereocenters. The number of nitrogens with zero attached hydrogens (tertiary/aromatic N) is 1. The van der Waals surface area contributed by atoms with Gasteiger partial charge in [0.25, 0.3) is 0 Å². The zero-order valence-electron chi connectivity index (χ0n) is 12.8. The lowest BCUT2D eigenvalue weighted by atomic mass is 9.92. The van der Waals surface area contributed by atoms with Gasteiger partial charge < -0.3 is 10.0 Å². The van der Waals surface area contributed by atoms with E-state index in [2.05, 4.69) is 0 Å². The maximum atomic E-state index is 13.8. The Hall–Kier alpha value is -1.98. The smallest absolute Gasteiger partial charge is 0.326 e. The first-order chi connectivity index (χ1) is 10.9. The van der Waals surface area contributed by atoms with Gasteiger partial charge >= 0.3 is 5.97 Å². The average molecular weight is 323 g/mol. The van der Waals surface area contributed by atoms with Gasteiger partial charge in [-0.25, -0.2) is 13.6 Å². The van der Waals surface area contributed by atoms with Gasteiger partial charge in [0.2, 0.25) is 5.91 Å². The van der Waals surface area contributed by atoms with E-state index in [4.69, 9.17) is 0 Å². The fourth-order valence-electron chi connectivity index (χ4n) is 3.47. The van der Waals surface area contributed by atoms with Crippen LogP contribution in [0.2, 0.25) is 0 Å². The van der Waals surface area contributed by atoms with Crippen molar-refractivity contribution in [3.63, 3.8) is 0 Å². The normalized spacial score (nSPS) is 30.1. The highest BCUT2D eigenvalue weighted by Gasteiger charge is 2.49. The van der Waals surface area contributed by atoms with Crippen molar-refractivity contribution in [2.75, 3.05) is 6.54 Å². The van der Waals surface area contributed by atoms with E-state index in [0.717, 1.165) is 12.5 Å². The Kier molecular flexibility index (Phi) is 4.08. The summed E-state index contributed by atoms with van der Waals surface area (Å²) in [6.45, 7) is 2.38. The molecule has 23 heavy (non-hydrogen) atoms. The lowest BCUT2D eigenvalue weighted by molar-refractivity contribution is -0.153. The number of rotatable bonds is 3. The Morgan fingerprint density at radius 3 is 2.70 bits per heavy atom. The second kappa shape index (κ2) is 5.91. The Morgan fingerprint density at radius 2 is 2.00 bits per heavy atom. The van der Waals surface area contributed by atoms with E-state index in [1.54, 1.807) is 0 Å². The average Bonchev–Trinajstić information content (AvgIpc) is 3.29. The summed E-state index contributed by atoms with van der Waals surface area (Å²) < 4.78 is 27.1. The summed E-state index contributed by atoms with van der Waals surface area (Å²) in [7, 11) is 0. The molecule has 1 amide bonds. The molecule has 1 aliphatic heterocycles. The fourth-order valence-corrected chi connectivity index (χ4v) is 3.47. The van der Waals surface area contributed by atoms with Crippen LogP contribution in [0.3, 0.4) is 0 Å². The number of carbonyl (C=O) groups excluding carboxylic acids is 1. The highest BCUT2D eigenvalue weighted by molar-refractivity contribution is 5.88. The van der Waals surface area contributed by atoms with Crippen molar-refractivity contribution in [2.45, 2.75) is 38.1 Å². The van der Waals surface area contributed by atoms with Crippen molar-refractivity contribution < 1.29 is 23.5 Å². The zero-order chi connectivity index (χ0) is 16.7. The number of halogens is 2. The first-order valence-corrected chi connectivity index (χ1v) is 7.87. The summed E-state index contributed by atoms with van der Waals surface area (Å²) in [6, 6.07) is 3.15. The molecule has 0 aromatic heterocycles. The number of piperidine rings is 1. The second-order valence-electron chi connectivity index (χ2n) is 6.61. The van der Waals surface area contributed by atoms with Crippen LogP contribution in [0.1, 0.15) is 37.7 Å². The Bertz CT molecular complexity index is 649. The van der Waals surface area contributed by atoms with Gasteiger partial charge in [0, 0.05) is 12.5 Å². The number of hydrogen-bond donors (Lipinski definition) is 1. The molecule has 1 saturated heterocycles. The molecule has 3 rings (SSSR count). The standard InChI is InChI=1S/C17H19F2NO3/c1-9-5-6-20(14(7-9)17(22)23)16(21)12-8-11(12)10-3-2-4-13(18)15(10)19/h2-4,9,11-12,14H,5-8H2,1H3,(H,22,23). The van der Waals surface area contributed by atoms with E-state index < -0.39 is 29.6 Å². The van der Waals surface area contributed by atoms with Gasteiger partial charge in [-0.3, -0.25) is 4.79 Å². The quantitative estimate of drug-likeness (QED) is 0.930. The van der Waals surface area contributed by atoms with E-state index in [-0.39, 0.29) is 23.3 Å². The largest absolute Gasteiger partial charge is 0.480 e. The van der Waals surface area contributed by atoms with Crippen molar-refractivity contribution in [2.24, 2.45) is 11.8 Å². The van der Waals surface area contributed by atoms with Crippen molar-refractivity contribution in [3.8, 4) is 0 Å². The van der Waals surface area contributed by atoms with Crippen molar-refractivity contribution >= 4 is 11.9 Å². The number of amides is 1. The van der Waals surface area contributed by atoms with E-state index in [0.29, 0.717) is 19.4 Å². The molecule has 1 aliphatic carbocycles. The summed E-state index contributed by atoms with van der Waals surface area (Å²) in [5.41, 5.74) is 0.209. The third kappa shape index (κ3) is 2.94. The molecule has 2 aliphatic rings. The molecule has 0 bridgehead atoms. The molecular weight excluding hydrogens is 304 g/mol. The van der Waals surface area contributed by atoms with Crippen molar-refractivity contribution in [1.82, 2.24) is 4.90 Å². The lowest BCUT2D eigenvalue weighted by Crippen LogP contribution is -2.50. The summed E-state index contributed by atoms with van der Waals surface area (Å²) in [5.74, 6) is -3.62. The van der Waals surface area contributed by atoms with Gasteiger partial charge in [-0.05, 0) is 42.7 Å². The van der Waals surface area contributed by atoms with Crippen molar-refractivity contribution in [3.05, 3.63) is 35.4 Å². The van der Waals surface area contributed by atoms with Gasteiger partial charge in [0.05, 0.1) is 0 Å². The number of carbonyl (C=O) groups is 2. The van der Waals surface area contributed by atoms with E-state index in [1.807, 2.05) is 6.92 Å². The lowest BCUT2D eigenvalue weighted by Gasteiger charge is -2.36. The maximum Gasteiger partial charge on any atom is 0.326 e. The summed E-state index contributed by atoms with van der Waals surface area (Å²) >= 11 is 0. The SMILES string of the molecule is CC1CCN(C(=O)C2CC2c2cccc(F)c2F)C(C(=O)O)C1. The van der Waals surface area contributed by atoms with E-state index in [1.165, 1.54) is 17.0 Å². The molecule has 1 aromatic rings. The van der Waals surface area contributed by atoms with Crippen LogP contribution in [-0.2, 0) is 9.59 Å². The second-order valence-corrected chi connectivity index (χ2v) is 6.61. The van der Waals surface area contributed by atoms with Crippen LogP contribution in [-0.4, -0.2) is 34.5 Å². The molecule has 1 aromatic carbocycles. The predicted octanol–water partition coefficient (Wildman–Crippen LogP) is 2.78. The molecule has 1 heterocycles. The number of benzene rings is 1. The van der Waals surface area contributed by atoms with Gasteiger partial charge in [0.15, 0.2) is 11.6 Å². The minimum absolute atomic E-state index is 0.209. The van der Waals surface area contributed by atoms with Crippen LogP contribution in [0.4, 0.5) is 8.78 Å². The molecule has 0 radical (unpaired) electrons. The Balaban J connectivity index is 1.74. The Labute approximate surface area is 133 Å². The predicted molar refractivity (Wildman–Crippen MR) is 78.7 cm³/mol. The van der Waals surface area contributed by atoms with Crippen LogP contribution in [0.25, 0.3) is 0 Å². The summed E-state index contributed by atoms with van der Waals surface area (Å²) in [4.78, 5) is 25.4. The number of aliphatic carboxylic acids is 1. The molecule has 0 spiro atoms. The number of carboxylic acids is 1. The third-order valence-electron chi connectivity index (χ3n) is 4.92. The van der Waals surface area contributed by atoms with Crippen LogP contribution < -0.4 is 0 Å². The molecule has 1 N–H and O–H groups in total. The molecule has 2 fully saturated rings. The molecule has 124 valence electrons. The van der Waals surface area contributed by atoms with Crippen LogP contribution in [0.15, 0.2) is 18.2 Å². The fraction of sp³-hybridized carbons (Fsp3) is 0.529. The first-order valence-electron chi connectivity index (χ1n) is 7.87. The number of likely N-dealkylation sites (tertiary alicyclic amines) is 1. The molecule has 4 nitrogen and oxygen atoms in total. The van der Waals surface area contributed by atoms with Crippen LogP contribution in [0, 0.1) is 23.5 Å². The Morgan fingerprint density at radius 1 is 1.26 bits per heavy atom. The highest BCUT2D eigenvalue weighted by atomic mass is 19.2. The van der Waals surface area contributed by atoms with Gasteiger partial charge in [-0.15, -0.1) is 0 Å². The van der Waals surface area contributed by atoms with Crippen LogP contribution >= 0.6 is 0 Å². The molecule has 1 saturated carbocycles. The van der Waals surface area contributed by atoms with E-state index in [9.17, 15) is 23.5 Å². The monoisotopic (exact) mass is 323 g/mol. The number of carboxylic acid groups (broad SMARTS) is 1. The number of hydrogen-bond acceptors (Lipinski definition) is 2. The first kappa shape index (κ1) is 15.9.